The van der Waals surface area contributed by atoms with Gasteiger partial charge in [-0.15, -0.1) is 0 Å². The van der Waals surface area contributed by atoms with Gasteiger partial charge in [0.1, 0.15) is 0 Å². The first-order valence-electron chi connectivity index (χ1n) is 8.18. The molecule has 0 aliphatic heterocycles. The van der Waals surface area contributed by atoms with E-state index >= 15 is 0 Å². The van der Waals surface area contributed by atoms with E-state index in [2.05, 4.69) is 54.6 Å². The Morgan fingerprint density at radius 2 is 1.71 bits per heavy atom. The highest BCUT2D eigenvalue weighted by molar-refractivity contribution is 5.40. The molecular formula is C20H23N. The van der Waals surface area contributed by atoms with E-state index < -0.39 is 0 Å². The lowest BCUT2D eigenvalue weighted by molar-refractivity contribution is 0.180. The van der Waals surface area contributed by atoms with Crippen LogP contribution < -0.4 is 5.73 Å². The molecule has 2 N–H and O–H groups in total. The average molecular weight is 277 g/mol. The maximum absolute atomic E-state index is 6.71. The van der Waals surface area contributed by atoms with Gasteiger partial charge in [-0.25, -0.2) is 0 Å². The molecular weight excluding hydrogens is 254 g/mol. The Morgan fingerprint density at radius 3 is 2.38 bits per heavy atom. The van der Waals surface area contributed by atoms with E-state index in [4.69, 9.17) is 5.73 Å². The Morgan fingerprint density at radius 1 is 1.00 bits per heavy atom. The largest absolute Gasteiger partial charge is 0.327 e. The molecule has 21 heavy (non-hydrogen) atoms. The van der Waals surface area contributed by atoms with Gasteiger partial charge in [-0.1, -0.05) is 61.0 Å². The molecule has 0 bridgehead atoms. The molecule has 1 fully saturated rings. The van der Waals surface area contributed by atoms with Crippen molar-refractivity contribution in [1.29, 1.82) is 0 Å². The van der Waals surface area contributed by atoms with Crippen LogP contribution in [0.2, 0.25) is 0 Å². The van der Waals surface area contributed by atoms with Crippen molar-refractivity contribution in [2.45, 2.75) is 49.5 Å². The third-order valence-electron chi connectivity index (χ3n) is 5.80. The molecule has 1 saturated carbocycles. The quantitative estimate of drug-likeness (QED) is 0.892. The summed E-state index contributed by atoms with van der Waals surface area (Å²) in [7, 11) is 0. The number of hydrogen-bond acceptors (Lipinski definition) is 1. The van der Waals surface area contributed by atoms with E-state index in [9.17, 15) is 0 Å². The Bertz CT molecular complexity index is 627. The van der Waals surface area contributed by atoms with Gasteiger partial charge in [0.2, 0.25) is 0 Å². The highest BCUT2D eigenvalue weighted by Crippen LogP contribution is 2.49. The van der Waals surface area contributed by atoms with E-state index in [1.165, 1.54) is 42.4 Å². The van der Waals surface area contributed by atoms with Gasteiger partial charge in [0.25, 0.3) is 0 Å². The Labute approximate surface area is 127 Å². The zero-order valence-corrected chi connectivity index (χ0v) is 12.5. The molecule has 0 radical (unpaired) electrons. The monoisotopic (exact) mass is 277 g/mol. The van der Waals surface area contributed by atoms with Crippen molar-refractivity contribution in [2.24, 2.45) is 5.73 Å². The maximum atomic E-state index is 6.71. The van der Waals surface area contributed by atoms with Crippen molar-refractivity contribution >= 4 is 0 Å². The molecule has 2 aliphatic rings. The summed E-state index contributed by atoms with van der Waals surface area (Å²) in [6, 6.07) is 20.1. The predicted molar refractivity (Wildman–Crippen MR) is 87.5 cm³/mol. The molecule has 2 unspecified atom stereocenters. The minimum Gasteiger partial charge on any atom is -0.327 e. The lowest BCUT2D eigenvalue weighted by atomic mass is 9.58. The lowest BCUT2D eigenvalue weighted by Gasteiger charge is -2.49. The fraction of sp³-hybridized carbons (Fsp3) is 0.400. The first-order chi connectivity index (χ1) is 10.3. The lowest BCUT2D eigenvalue weighted by Crippen LogP contribution is -2.51. The van der Waals surface area contributed by atoms with Gasteiger partial charge in [0.05, 0.1) is 0 Å². The van der Waals surface area contributed by atoms with E-state index in [0.29, 0.717) is 5.92 Å². The van der Waals surface area contributed by atoms with Crippen LogP contribution in [0.1, 0.15) is 48.3 Å². The van der Waals surface area contributed by atoms with E-state index in [1.54, 1.807) is 0 Å². The van der Waals surface area contributed by atoms with Crippen molar-refractivity contribution in [1.82, 2.24) is 0 Å². The van der Waals surface area contributed by atoms with Crippen LogP contribution in [-0.2, 0) is 11.8 Å². The van der Waals surface area contributed by atoms with E-state index in [-0.39, 0.29) is 11.5 Å². The minimum absolute atomic E-state index is 0.242. The summed E-state index contributed by atoms with van der Waals surface area (Å²) in [6.45, 7) is 0. The summed E-state index contributed by atoms with van der Waals surface area (Å²) in [5, 5.41) is 0. The van der Waals surface area contributed by atoms with Gasteiger partial charge in [-0.3, -0.25) is 0 Å². The van der Waals surface area contributed by atoms with Crippen LogP contribution in [0, 0.1) is 0 Å². The van der Waals surface area contributed by atoms with Crippen molar-refractivity contribution in [2.75, 3.05) is 0 Å². The number of hydrogen-bond donors (Lipinski definition) is 1. The molecule has 2 aromatic rings. The highest BCUT2D eigenvalue weighted by Gasteiger charge is 2.45. The molecule has 2 aliphatic carbocycles. The fourth-order valence-corrected chi connectivity index (χ4v) is 4.31. The standard InChI is InChI=1S/C20H23N/c21-19(14-16-13-15-7-4-5-10-18(15)16)20(11-6-12-20)17-8-2-1-3-9-17/h1-5,7-10,16,19H,6,11-14,21H2. The van der Waals surface area contributed by atoms with Gasteiger partial charge in [0, 0.05) is 11.5 Å². The molecule has 1 nitrogen and oxygen atoms in total. The van der Waals surface area contributed by atoms with Gasteiger partial charge < -0.3 is 5.73 Å². The van der Waals surface area contributed by atoms with Gasteiger partial charge in [-0.05, 0) is 48.3 Å². The molecule has 2 atom stereocenters. The van der Waals surface area contributed by atoms with Crippen LogP contribution in [0.4, 0.5) is 0 Å². The van der Waals surface area contributed by atoms with Crippen LogP contribution in [0.3, 0.4) is 0 Å². The number of benzene rings is 2. The second kappa shape index (κ2) is 4.99. The molecule has 0 aromatic heterocycles. The Balaban J connectivity index is 1.54. The Kier molecular flexibility index (Phi) is 3.11. The van der Waals surface area contributed by atoms with Crippen molar-refractivity contribution in [3.05, 3.63) is 71.3 Å². The van der Waals surface area contributed by atoms with Crippen molar-refractivity contribution in [3.63, 3.8) is 0 Å². The molecule has 0 amide bonds. The molecule has 0 heterocycles. The maximum Gasteiger partial charge on any atom is 0.0142 e. The highest BCUT2D eigenvalue weighted by atomic mass is 14.7. The summed E-state index contributed by atoms with van der Waals surface area (Å²) in [4.78, 5) is 0. The molecule has 0 saturated heterocycles. The van der Waals surface area contributed by atoms with Crippen LogP contribution in [0.25, 0.3) is 0 Å². The number of rotatable bonds is 4. The second-order valence-electron chi connectivity index (χ2n) is 6.82. The Hall–Kier alpha value is -1.60. The second-order valence-corrected chi connectivity index (χ2v) is 6.82. The minimum atomic E-state index is 0.242. The third-order valence-corrected chi connectivity index (χ3v) is 5.80. The number of fused-ring (bicyclic) bond motifs is 1. The van der Waals surface area contributed by atoms with Crippen molar-refractivity contribution in [3.8, 4) is 0 Å². The topological polar surface area (TPSA) is 26.0 Å². The summed E-state index contributed by atoms with van der Waals surface area (Å²) < 4.78 is 0. The van der Waals surface area contributed by atoms with Crippen LogP contribution in [-0.4, -0.2) is 6.04 Å². The van der Waals surface area contributed by atoms with Crippen LogP contribution in [0.5, 0.6) is 0 Å². The van der Waals surface area contributed by atoms with Crippen LogP contribution in [0.15, 0.2) is 54.6 Å². The zero-order valence-electron chi connectivity index (χ0n) is 12.5. The molecule has 4 rings (SSSR count). The predicted octanol–water partition coefficient (Wildman–Crippen LogP) is 4.17. The molecule has 2 aromatic carbocycles. The van der Waals surface area contributed by atoms with Gasteiger partial charge >= 0.3 is 0 Å². The normalized spacial score (nSPS) is 23.6. The summed E-state index contributed by atoms with van der Waals surface area (Å²) in [5.74, 6) is 0.678. The fourth-order valence-electron chi connectivity index (χ4n) is 4.31. The van der Waals surface area contributed by atoms with Crippen molar-refractivity contribution < 1.29 is 0 Å². The third kappa shape index (κ3) is 2.03. The van der Waals surface area contributed by atoms with E-state index in [0.717, 1.165) is 6.42 Å². The number of nitrogens with two attached hydrogens (primary N) is 1. The van der Waals surface area contributed by atoms with Gasteiger partial charge in [0.15, 0.2) is 0 Å². The van der Waals surface area contributed by atoms with Gasteiger partial charge in [-0.2, -0.15) is 0 Å². The van der Waals surface area contributed by atoms with E-state index in [1.807, 2.05) is 0 Å². The molecule has 108 valence electrons. The molecule has 1 heteroatoms. The van der Waals surface area contributed by atoms with Crippen LogP contribution >= 0.6 is 0 Å². The summed E-state index contributed by atoms with van der Waals surface area (Å²) in [5.41, 5.74) is 11.5. The first kappa shape index (κ1) is 13.1. The summed E-state index contributed by atoms with van der Waals surface area (Å²) in [6.07, 6.45) is 6.18. The average Bonchev–Trinajstić information content (AvgIpc) is 2.45. The first-order valence-corrected chi connectivity index (χ1v) is 8.18. The SMILES string of the molecule is NC(CC1Cc2ccccc21)C1(c2ccccc2)CCC1. The summed E-state index contributed by atoms with van der Waals surface area (Å²) >= 11 is 0. The zero-order chi connectivity index (χ0) is 14.3. The smallest absolute Gasteiger partial charge is 0.0142 e. The molecule has 0 spiro atoms.